The van der Waals surface area contributed by atoms with Gasteiger partial charge in [-0.2, -0.15) is 0 Å². The van der Waals surface area contributed by atoms with Gasteiger partial charge in [-0.25, -0.2) is 0 Å². The van der Waals surface area contributed by atoms with Gasteiger partial charge in [0.25, 0.3) is 8.03 Å². The van der Waals surface area contributed by atoms with E-state index in [9.17, 15) is 4.57 Å². The number of hydrogen-bond donors (Lipinski definition) is 0. The fraction of sp³-hybridized carbons (Fsp3) is 0.556. The second-order valence-electron chi connectivity index (χ2n) is 10.8. The zero-order valence-corrected chi connectivity index (χ0v) is 21.3. The fourth-order valence-electron chi connectivity index (χ4n) is 3.95. The quantitative estimate of drug-likeness (QED) is 0.439. The van der Waals surface area contributed by atoms with E-state index in [0.29, 0.717) is 0 Å². The van der Waals surface area contributed by atoms with Gasteiger partial charge < -0.3 is 4.52 Å². The van der Waals surface area contributed by atoms with Gasteiger partial charge in [0.2, 0.25) is 0 Å². The van der Waals surface area contributed by atoms with Crippen molar-refractivity contribution in [3.8, 4) is 16.9 Å². The molecule has 0 aromatic heterocycles. The molecular formula is C27H39O2P. The summed E-state index contributed by atoms with van der Waals surface area (Å²) in [4.78, 5) is 0. The van der Waals surface area contributed by atoms with Gasteiger partial charge in [-0.3, -0.25) is 4.57 Å². The predicted molar refractivity (Wildman–Crippen MR) is 131 cm³/mol. The van der Waals surface area contributed by atoms with Crippen molar-refractivity contribution in [1.82, 2.24) is 0 Å². The van der Waals surface area contributed by atoms with E-state index in [-0.39, 0.29) is 16.2 Å². The van der Waals surface area contributed by atoms with Crippen molar-refractivity contribution in [3.05, 3.63) is 47.0 Å². The lowest BCUT2D eigenvalue weighted by molar-refractivity contribution is 0.460. The first-order valence-corrected chi connectivity index (χ1v) is 12.8. The normalized spacial score (nSPS) is 16.6. The Morgan fingerprint density at radius 3 is 1.87 bits per heavy atom. The van der Waals surface area contributed by atoms with E-state index in [4.69, 9.17) is 4.52 Å². The number of fused-ring (bicyclic) bond motifs is 3. The summed E-state index contributed by atoms with van der Waals surface area (Å²) in [7, 11) is -2.34. The molecule has 0 bridgehead atoms. The van der Waals surface area contributed by atoms with E-state index in [1.165, 1.54) is 16.7 Å². The summed E-state index contributed by atoms with van der Waals surface area (Å²) in [5.74, 6) is 0.830. The van der Waals surface area contributed by atoms with Crippen LogP contribution in [0.15, 0.2) is 30.3 Å². The van der Waals surface area contributed by atoms with E-state index < -0.39 is 8.03 Å². The van der Waals surface area contributed by atoms with Crippen LogP contribution in [0.5, 0.6) is 5.75 Å². The largest absolute Gasteiger partial charge is 0.441 e. The molecule has 1 heterocycles. The molecule has 2 aromatic carbocycles. The molecule has 164 valence electrons. The van der Waals surface area contributed by atoms with Crippen LogP contribution in [0.4, 0.5) is 0 Å². The summed E-state index contributed by atoms with van der Waals surface area (Å²) >= 11 is 0. The molecular weight excluding hydrogens is 387 g/mol. The number of benzene rings is 2. The lowest BCUT2D eigenvalue weighted by atomic mass is 9.74. The molecule has 2 aromatic rings. The lowest BCUT2D eigenvalue weighted by Gasteiger charge is -2.34. The van der Waals surface area contributed by atoms with Gasteiger partial charge in [0.05, 0.1) is 5.30 Å². The molecule has 2 nitrogen and oxygen atoms in total. The van der Waals surface area contributed by atoms with Crippen molar-refractivity contribution in [1.29, 1.82) is 0 Å². The number of rotatable bonds is 6. The highest BCUT2D eigenvalue weighted by molar-refractivity contribution is 7.49. The second kappa shape index (κ2) is 7.86. The zero-order valence-electron chi connectivity index (χ0n) is 20.3. The maximum absolute atomic E-state index is 13.3. The van der Waals surface area contributed by atoms with Crippen LogP contribution in [-0.2, 0) is 20.8 Å². The van der Waals surface area contributed by atoms with Crippen LogP contribution in [0.3, 0.4) is 0 Å². The summed E-state index contributed by atoms with van der Waals surface area (Å²) < 4.78 is 19.5. The third kappa shape index (κ3) is 3.89. The SMILES string of the molecule is CCC(C)(C)c1ccc2c(c1)[PH](=O)Oc1c-2cc(C(C)(C)CC)cc1C(C)(C)CC. The van der Waals surface area contributed by atoms with Gasteiger partial charge >= 0.3 is 0 Å². The van der Waals surface area contributed by atoms with Crippen LogP contribution in [0, 0.1) is 0 Å². The first kappa shape index (κ1) is 23.1. The first-order valence-electron chi connectivity index (χ1n) is 11.4. The smallest absolute Gasteiger partial charge is 0.266 e. The molecule has 1 unspecified atom stereocenters. The van der Waals surface area contributed by atoms with Crippen molar-refractivity contribution in [2.24, 2.45) is 0 Å². The molecule has 0 amide bonds. The molecule has 3 heteroatoms. The highest BCUT2D eigenvalue weighted by atomic mass is 31.1. The maximum atomic E-state index is 13.3. The van der Waals surface area contributed by atoms with Crippen LogP contribution in [0.1, 0.15) is 98.3 Å². The summed E-state index contributed by atoms with van der Waals surface area (Å²) in [5.41, 5.74) is 6.00. The van der Waals surface area contributed by atoms with E-state index >= 15 is 0 Å². The van der Waals surface area contributed by atoms with E-state index in [1.54, 1.807) is 0 Å². The minimum absolute atomic E-state index is 0.0479. The Morgan fingerprint density at radius 2 is 1.30 bits per heavy atom. The molecule has 30 heavy (non-hydrogen) atoms. The van der Waals surface area contributed by atoms with Crippen molar-refractivity contribution in [2.45, 2.75) is 97.8 Å². The second-order valence-corrected chi connectivity index (χ2v) is 12.1. The van der Waals surface area contributed by atoms with Gasteiger partial charge in [0, 0.05) is 11.1 Å². The molecule has 0 N–H and O–H groups in total. The highest BCUT2D eigenvalue weighted by Crippen LogP contribution is 2.50. The molecule has 0 saturated carbocycles. The predicted octanol–water partition coefficient (Wildman–Crippen LogP) is 7.91. The molecule has 1 atom stereocenters. The summed E-state index contributed by atoms with van der Waals surface area (Å²) in [6.07, 6.45) is 3.09. The first-order chi connectivity index (χ1) is 13.9. The molecule has 0 spiro atoms. The van der Waals surface area contributed by atoms with Gasteiger partial charge in [0.15, 0.2) is 0 Å². The summed E-state index contributed by atoms with van der Waals surface area (Å²) in [6.45, 7) is 20.3. The summed E-state index contributed by atoms with van der Waals surface area (Å²) in [6, 6.07) is 11.1. The Bertz CT molecular complexity index is 983. The molecule has 0 saturated heterocycles. The third-order valence-electron chi connectivity index (χ3n) is 7.76. The van der Waals surface area contributed by atoms with E-state index in [1.807, 2.05) is 0 Å². The van der Waals surface area contributed by atoms with Crippen molar-refractivity contribution in [3.63, 3.8) is 0 Å². The standard InChI is InChI=1S/C27H39O2P/c1-10-25(4,5)18-13-14-20-21-15-19(26(6,7)11-2)16-22(27(8,9)12-3)24(21)29-30(28)23(20)17-18/h13-17,30H,10-12H2,1-9H3. The molecule has 1 aliphatic heterocycles. The molecule has 1 aliphatic rings. The van der Waals surface area contributed by atoms with Crippen LogP contribution >= 0.6 is 8.03 Å². The Morgan fingerprint density at radius 1 is 0.733 bits per heavy atom. The van der Waals surface area contributed by atoms with E-state index in [2.05, 4.69) is 92.6 Å². The summed E-state index contributed by atoms with van der Waals surface area (Å²) in [5, 5.41) is 0.873. The fourth-order valence-corrected chi connectivity index (χ4v) is 5.17. The average molecular weight is 427 g/mol. The Balaban J connectivity index is 2.32. The average Bonchev–Trinajstić information content (AvgIpc) is 2.72. The van der Waals surface area contributed by atoms with Crippen LogP contribution in [0.25, 0.3) is 11.1 Å². The Labute approximate surface area is 184 Å². The van der Waals surface area contributed by atoms with Crippen LogP contribution < -0.4 is 9.83 Å². The van der Waals surface area contributed by atoms with Crippen molar-refractivity contribution < 1.29 is 9.09 Å². The van der Waals surface area contributed by atoms with Crippen LogP contribution in [-0.4, -0.2) is 0 Å². The molecule has 0 aliphatic carbocycles. The van der Waals surface area contributed by atoms with Gasteiger partial charge in [0.1, 0.15) is 5.75 Å². The minimum Gasteiger partial charge on any atom is -0.441 e. The van der Waals surface area contributed by atoms with Gasteiger partial charge in [-0.05, 0) is 64.3 Å². The molecule has 0 radical (unpaired) electrons. The lowest BCUT2D eigenvalue weighted by Crippen LogP contribution is -2.24. The van der Waals surface area contributed by atoms with Crippen molar-refractivity contribution in [2.75, 3.05) is 0 Å². The molecule has 0 fully saturated rings. The third-order valence-corrected chi connectivity index (χ3v) is 9.00. The van der Waals surface area contributed by atoms with Crippen molar-refractivity contribution >= 4 is 13.3 Å². The van der Waals surface area contributed by atoms with E-state index in [0.717, 1.165) is 41.4 Å². The highest BCUT2D eigenvalue weighted by Gasteiger charge is 2.34. The Kier molecular flexibility index (Phi) is 6.07. The van der Waals surface area contributed by atoms with Gasteiger partial charge in [-0.15, -0.1) is 0 Å². The maximum Gasteiger partial charge on any atom is 0.266 e. The topological polar surface area (TPSA) is 26.3 Å². The minimum atomic E-state index is -2.34. The van der Waals surface area contributed by atoms with Gasteiger partial charge in [-0.1, -0.05) is 80.5 Å². The monoisotopic (exact) mass is 426 g/mol. The van der Waals surface area contributed by atoms with Crippen LogP contribution in [0.2, 0.25) is 0 Å². The molecule has 3 rings (SSSR count). The number of hydrogen-bond acceptors (Lipinski definition) is 2. The zero-order chi connectivity index (χ0) is 22.5. The Hall–Kier alpha value is -1.53.